The zero-order valence-electron chi connectivity index (χ0n) is 13.8. The van der Waals surface area contributed by atoms with Crippen molar-refractivity contribution in [2.75, 3.05) is 25.6 Å². The van der Waals surface area contributed by atoms with Gasteiger partial charge in [0.25, 0.3) is 0 Å². The second-order valence-corrected chi connectivity index (χ2v) is 7.06. The molecule has 2 amide bonds. The molecule has 1 saturated heterocycles. The Morgan fingerprint density at radius 2 is 2.21 bits per heavy atom. The predicted molar refractivity (Wildman–Crippen MR) is 93.9 cm³/mol. The van der Waals surface area contributed by atoms with E-state index >= 15 is 0 Å². The molecule has 2 aliphatic rings. The molecule has 1 heterocycles. The number of anilines is 1. The summed E-state index contributed by atoms with van der Waals surface area (Å²) in [5.74, 6) is -0.390. The van der Waals surface area contributed by atoms with Gasteiger partial charge in [-0.1, -0.05) is 22.0 Å². The largest absolute Gasteiger partial charge is 0.380 e. The molecule has 6 nitrogen and oxygen atoms in total. The summed E-state index contributed by atoms with van der Waals surface area (Å²) < 4.78 is 17.9. The first-order valence-electron chi connectivity index (χ1n) is 8.25. The standard InChI is InChI=1S/C17H23BrN2O4/c1-22-11-13-14(18)5-4-6-15(13)20-16(21)19-9-12-10-23-17(24-12)7-2-3-8-17/h4-6,12H,2-3,7-11H2,1H3,(H2,19,20,21)/t12-/m1/s1. The van der Waals surface area contributed by atoms with E-state index in [1.165, 1.54) is 0 Å². The minimum atomic E-state index is -0.390. The van der Waals surface area contributed by atoms with Gasteiger partial charge in [-0.15, -0.1) is 0 Å². The van der Waals surface area contributed by atoms with Crippen LogP contribution >= 0.6 is 15.9 Å². The molecule has 2 N–H and O–H groups in total. The summed E-state index contributed by atoms with van der Waals surface area (Å²) in [6.07, 6.45) is 4.11. The van der Waals surface area contributed by atoms with E-state index in [4.69, 9.17) is 14.2 Å². The molecule has 24 heavy (non-hydrogen) atoms. The van der Waals surface area contributed by atoms with E-state index in [-0.39, 0.29) is 12.1 Å². The summed E-state index contributed by atoms with van der Waals surface area (Å²) in [5.41, 5.74) is 1.63. The molecule has 1 spiro atoms. The van der Waals surface area contributed by atoms with E-state index in [0.717, 1.165) is 41.4 Å². The molecular formula is C17H23BrN2O4. The van der Waals surface area contributed by atoms with Gasteiger partial charge in [-0.2, -0.15) is 0 Å². The Labute approximate surface area is 150 Å². The first-order chi connectivity index (χ1) is 11.6. The normalized spacial score (nSPS) is 22.0. The van der Waals surface area contributed by atoms with Crippen LogP contribution in [0.2, 0.25) is 0 Å². The van der Waals surface area contributed by atoms with Gasteiger partial charge in [0.05, 0.1) is 13.2 Å². The molecule has 1 atom stereocenters. The highest BCUT2D eigenvalue weighted by atomic mass is 79.9. The van der Waals surface area contributed by atoms with E-state index in [2.05, 4.69) is 26.6 Å². The van der Waals surface area contributed by atoms with Crippen molar-refractivity contribution in [3.63, 3.8) is 0 Å². The second kappa shape index (κ2) is 7.82. The lowest BCUT2D eigenvalue weighted by Crippen LogP contribution is -2.37. The Morgan fingerprint density at radius 3 is 2.96 bits per heavy atom. The molecule has 1 saturated carbocycles. The van der Waals surface area contributed by atoms with E-state index in [1.807, 2.05) is 18.2 Å². The molecule has 3 rings (SSSR count). The summed E-state index contributed by atoms with van der Waals surface area (Å²) in [6, 6.07) is 5.38. The number of carbonyl (C=O) groups excluding carboxylic acids is 1. The Morgan fingerprint density at radius 1 is 1.42 bits per heavy atom. The fourth-order valence-electron chi connectivity index (χ4n) is 3.23. The minimum Gasteiger partial charge on any atom is -0.380 e. The SMILES string of the molecule is COCc1c(Br)cccc1NC(=O)NC[C@@H]1COC2(CCCC2)O1. The van der Waals surface area contributed by atoms with E-state index in [1.54, 1.807) is 7.11 Å². The number of hydrogen-bond acceptors (Lipinski definition) is 4. The summed E-state index contributed by atoms with van der Waals surface area (Å²) in [5, 5.41) is 5.72. The van der Waals surface area contributed by atoms with Crippen LogP contribution in [0.5, 0.6) is 0 Å². The minimum absolute atomic E-state index is 0.0881. The molecule has 132 valence electrons. The maximum Gasteiger partial charge on any atom is 0.319 e. The van der Waals surface area contributed by atoms with Crippen molar-refractivity contribution in [2.45, 2.75) is 44.2 Å². The molecule has 0 unspecified atom stereocenters. The highest BCUT2D eigenvalue weighted by molar-refractivity contribution is 9.10. The van der Waals surface area contributed by atoms with Gasteiger partial charge in [-0.3, -0.25) is 0 Å². The Kier molecular flexibility index (Phi) is 5.76. The first kappa shape index (κ1) is 17.7. The van der Waals surface area contributed by atoms with Crippen molar-refractivity contribution < 1.29 is 19.0 Å². The van der Waals surface area contributed by atoms with Gasteiger partial charge in [0.1, 0.15) is 6.10 Å². The van der Waals surface area contributed by atoms with Crippen molar-refractivity contribution >= 4 is 27.6 Å². The van der Waals surface area contributed by atoms with Gasteiger partial charge in [0.2, 0.25) is 0 Å². The molecule has 1 aliphatic heterocycles. The molecule has 0 radical (unpaired) electrons. The number of rotatable bonds is 5. The van der Waals surface area contributed by atoms with Crippen molar-refractivity contribution in [3.8, 4) is 0 Å². The van der Waals surface area contributed by atoms with Crippen LogP contribution in [0, 0.1) is 0 Å². The molecule has 1 aromatic rings. The lowest BCUT2D eigenvalue weighted by molar-refractivity contribution is -0.160. The van der Waals surface area contributed by atoms with Crippen LogP contribution in [0.25, 0.3) is 0 Å². The number of carbonyl (C=O) groups is 1. The highest BCUT2D eigenvalue weighted by Crippen LogP contribution is 2.39. The third kappa shape index (κ3) is 4.08. The van der Waals surface area contributed by atoms with Gasteiger partial charge < -0.3 is 24.8 Å². The topological polar surface area (TPSA) is 68.8 Å². The number of nitrogens with one attached hydrogen (secondary N) is 2. The van der Waals surface area contributed by atoms with Crippen LogP contribution in [-0.4, -0.2) is 38.2 Å². The maximum atomic E-state index is 12.2. The predicted octanol–water partition coefficient (Wildman–Crippen LogP) is 3.40. The summed E-state index contributed by atoms with van der Waals surface area (Å²) in [6.45, 7) is 1.38. The quantitative estimate of drug-likeness (QED) is 0.797. The fourth-order valence-corrected chi connectivity index (χ4v) is 3.71. The van der Waals surface area contributed by atoms with Crippen LogP contribution in [0.15, 0.2) is 22.7 Å². The number of amides is 2. The Bertz CT molecular complexity index is 590. The third-order valence-electron chi connectivity index (χ3n) is 4.43. The average Bonchev–Trinajstić information content (AvgIpc) is 3.19. The molecular weight excluding hydrogens is 376 g/mol. The summed E-state index contributed by atoms with van der Waals surface area (Å²) >= 11 is 3.48. The second-order valence-electron chi connectivity index (χ2n) is 6.20. The number of benzene rings is 1. The number of urea groups is 1. The van der Waals surface area contributed by atoms with Crippen LogP contribution in [0.4, 0.5) is 10.5 Å². The molecule has 2 fully saturated rings. The van der Waals surface area contributed by atoms with Crippen molar-refractivity contribution in [1.29, 1.82) is 0 Å². The number of hydrogen-bond donors (Lipinski definition) is 2. The molecule has 1 aromatic carbocycles. The number of halogens is 1. The molecule has 7 heteroatoms. The van der Waals surface area contributed by atoms with Crippen LogP contribution in [-0.2, 0) is 20.8 Å². The maximum absolute atomic E-state index is 12.2. The zero-order valence-corrected chi connectivity index (χ0v) is 15.4. The first-order valence-corrected chi connectivity index (χ1v) is 9.04. The summed E-state index contributed by atoms with van der Waals surface area (Å²) in [4.78, 5) is 12.2. The average molecular weight is 399 g/mol. The van der Waals surface area contributed by atoms with Crippen molar-refractivity contribution in [3.05, 3.63) is 28.2 Å². The van der Waals surface area contributed by atoms with Gasteiger partial charge in [0, 0.05) is 42.2 Å². The van der Waals surface area contributed by atoms with Crippen LogP contribution in [0.1, 0.15) is 31.2 Å². The van der Waals surface area contributed by atoms with Gasteiger partial charge in [0.15, 0.2) is 5.79 Å². The highest BCUT2D eigenvalue weighted by Gasteiger charge is 2.43. The van der Waals surface area contributed by atoms with E-state index in [9.17, 15) is 4.79 Å². The lowest BCUT2D eigenvalue weighted by Gasteiger charge is -2.22. The number of ether oxygens (including phenoxy) is 3. The zero-order chi connectivity index (χ0) is 17.0. The van der Waals surface area contributed by atoms with Gasteiger partial charge in [-0.05, 0) is 25.0 Å². The van der Waals surface area contributed by atoms with Crippen LogP contribution < -0.4 is 10.6 Å². The lowest BCUT2D eigenvalue weighted by atomic mass is 10.2. The number of methoxy groups -OCH3 is 1. The van der Waals surface area contributed by atoms with E-state index in [0.29, 0.717) is 19.8 Å². The molecule has 0 aromatic heterocycles. The molecule has 0 bridgehead atoms. The fraction of sp³-hybridized carbons (Fsp3) is 0.588. The molecule has 1 aliphatic carbocycles. The third-order valence-corrected chi connectivity index (χ3v) is 5.17. The summed E-state index contributed by atoms with van der Waals surface area (Å²) in [7, 11) is 1.62. The van der Waals surface area contributed by atoms with Crippen LogP contribution in [0.3, 0.4) is 0 Å². The van der Waals surface area contributed by atoms with Gasteiger partial charge in [-0.25, -0.2) is 4.79 Å². The monoisotopic (exact) mass is 398 g/mol. The Hall–Kier alpha value is -1.15. The van der Waals surface area contributed by atoms with Gasteiger partial charge >= 0.3 is 6.03 Å². The Balaban J connectivity index is 1.51. The van der Waals surface area contributed by atoms with E-state index < -0.39 is 5.79 Å². The van der Waals surface area contributed by atoms with Crippen molar-refractivity contribution in [1.82, 2.24) is 5.32 Å². The smallest absolute Gasteiger partial charge is 0.319 e. The van der Waals surface area contributed by atoms with Crippen molar-refractivity contribution in [2.24, 2.45) is 0 Å².